The molecule has 1 heterocycles. The minimum Gasteiger partial charge on any atom is -0.294 e. The third-order valence-corrected chi connectivity index (χ3v) is 3.51. The number of rotatable bonds is 3. The van der Waals surface area contributed by atoms with Crippen LogP contribution in [-0.4, -0.2) is 15.6 Å². The fraction of sp³-hybridized carbons (Fsp3) is 0.286. The van der Waals surface area contributed by atoms with Crippen molar-refractivity contribution in [2.75, 3.05) is 0 Å². The van der Waals surface area contributed by atoms with Crippen LogP contribution in [0.3, 0.4) is 0 Å². The van der Waals surface area contributed by atoms with E-state index in [1.54, 1.807) is 18.7 Å². The minimum atomic E-state index is -0.407. The van der Waals surface area contributed by atoms with Gasteiger partial charge in [0.05, 0.1) is 11.3 Å². The van der Waals surface area contributed by atoms with Crippen molar-refractivity contribution in [3.05, 3.63) is 51.6 Å². The largest absolute Gasteiger partial charge is 0.294 e. The molecule has 5 heteroatoms. The molecule has 0 N–H and O–H groups in total. The Morgan fingerprint density at radius 2 is 2.11 bits per heavy atom. The highest BCUT2D eigenvalue weighted by Gasteiger charge is 2.18. The second-order valence-electron chi connectivity index (χ2n) is 4.51. The molecule has 0 amide bonds. The van der Waals surface area contributed by atoms with E-state index < -0.39 is 5.82 Å². The van der Waals surface area contributed by atoms with Crippen LogP contribution in [0.4, 0.5) is 4.39 Å². The molecule has 0 saturated carbocycles. The van der Waals surface area contributed by atoms with Gasteiger partial charge in [0, 0.05) is 24.2 Å². The normalized spacial score (nSPS) is 10.8. The molecule has 0 aliphatic carbocycles. The molecule has 0 saturated heterocycles. The summed E-state index contributed by atoms with van der Waals surface area (Å²) in [5, 5.41) is 4.48. The molecule has 0 spiro atoms. The summed E-state index contributed by atoms with van der Waals surface area (Å²) in [5.74, 6) is -0.466. The fourth-order valence-electron chi connectivity index (χ4n) is 2.10. The quantitative estimate of drug-likeness (QED) is 0.809. The van der Waals surface area contributed by atoms with E-state index in [4.69, 9.17) is 11.6 Å². The second kappa shape index (κ2) is 5.13. The van der Waals surface area contributed by atoms with Crippen molar-refractivity contribution in [2.45, 2.75) is 20.3 Å². The van der Waals surface area contributed by atoms with Gasteiger partial charge in [-0.15, -0.1) is 0 Å². The van der Waals surface area contributed by atoms with Crippen LogP contribution in [0.25, 0.3) is 0 Å². The van der Waals surface area contributed by atoms with Crippen LogP contribution in [0.1, 0.15) is 27.3 Å². The van der Waals surface area contributed by atoms with Gasteiger partial charge in [-0.2, -0.15) is 5.10 Å². The Kier molecular flexibility index (Phi) is 3.71. The number of hydrogen-bond acceptors (Lipinski definition) is 2. The lowest BCUT2D eigenvalue weighted by Gasteiger charge is -2.04. The Balaban J connectivity index is 2.31. The molecule has 0 bridgehead atoms. The average molecular weight is 281 g/mol. The van der Waals surface area contributed by atoms with Crippen molar-refractivity contribution in [1.82, 2.24) is 9.78 Å². The SMILES string of the molecule is Cc1nn(C)c(C)c1C(=O)Cc1ccc(F)cc1Cl. The zero-order valence-corrected chi connectivity index (χ0v) is 11.8. The molecule has 2 rings (SSSR count). The number of hydrogen-bond donors (Lipinski definition) is 0. The molecule has 0 fully saturated rings. The van der Waals surface area contributed by atoms with Gasteiger partial charge in [-0.05, 0) is 31.5 Å². The van der Waals surface area contributed by atoms with Gasteiger partial charge < -0.3 is 0 Å². The summed E-state index contributed by atoms with van der Waals surface area (Å²) >= 11 is 5.93. The van der Waals surface area contributed by atoms with E-state index in [-0.39, 0.29) is 17.2 Å². The zero-order valence-electron chi connectivity index (χ0n) is 11.0. The Bertz CT molecular complexity index is 649. The summed E-state index contributed by atoms with van der Waals surface area (Å²) in [6.45, 7) is 3.64. The monoisotopic (exact) mass is 280 g/mol. The van der Waals surface area contributed by atoms with Gasteiger partial charge in [-0.3, -0.25) is 9.48 Å². The first-order chi connectivity index (χ1) is 8.90. The molecule has 0 unspecified atom stereocenters. The van der Waals surface area contributed by atoms with Crippen molar-refractivity contribution >= 4 is 17.4 Å². The van der Waals surface area contributed by atoms with Crippen molar-refractivity contribution in [2.24, 2.45) is 7.05 Å². The molecular formula is C14H14ClFN2O. The predicted molar refractivity (Wildman–Crippen MR) is 72.1 cm³/mol. The standard InChI is InChI=1S/C14H14ClFN2O/c1-8-14(9(2)18(3)17-8)13(19)6-10-4-5-11(16)7-12(10)15/h4-5,7H,6H2,1-3H3. The Labute approximate surface area is 116 Å². The average Bonchev–Trinajstić information content (AvgIpc) is 2.57. The number of ketones is 1. The van der Waals surface area contributed by atoms with E-state index in [0.717, 1.165) is 5.69 Å². The number of carbonyl (C=O) groups excluding carboxylic acids is 1. The fourth-order valence-corrected chi connectivity index (χ4v) is 2.34. The highest BCUT2D eigenvalue weighted by molar-refractivity contribution is 6.31. The van der Waals surface area contributed by atoms with Gasteiger partial charge in [0.15, 0.2) is 5.78 Å². The van der Waals surface area contributed by atoms with Gasteiger partial charge in [0.2, 0.25) is 0 Å². The lowest BCUT2D eigenvalue weighted by atomic mass is 10.0. The summed E-state index contributed by atoms with van der Waals surface area (Å²) in [4.78, 5) is 12.3. The van der Waals surface area contributed by atoms with Gasteiger partial charge in [-0.25, -0.2) is 4.39 Å². The zero-order chi connectivity index (χ0) is 14.2. The lowest BCUT2D eigenvalue weighted by Crippen LogP contribution is -2.07. The van der Waals surface area contributed by atoms with Crippen LogP contribution in [0.15, 0.2) is 18.2 Å². The maximum Gasteiger partial charge on any atom is 0.170 e. The predicted octanol–water partition coefficient (Wildman–Crippen LogP) is 3.25. The number of aromatic nitrogens is 2. The minimum absolute atomic E-state index is 0.0587. The number of halogens is 2. The van der Waals surface area contributed by atoms with Gasteiger partial charge in [0.1, 0.15) is 5.82 Å². The van der Waals surface area contributed by atoms with Crippen LogP contribution >= 0.6 is 11.6 Å². The first-order valence-electron chi connectivity index (χ1n) is 5.87. The van der Waals surface area contributed by atoms with E-state index in [1.165, 1.54) is 18.2 Å². The summed E-state index contributed by atoms with van der Waals surface area (Å²) in [6, 6.07) is 4.06. The molecule has 2 aromatic rings. The molecule has 100 valence electrons. The maximum absolute atomic E-state index is 13.0. The van der Waals surface area contributed by atoms with E-state index in [0.29, 0.717) is 16.8 Å². The smallest absolute Gasteiger partial charge is 0.170 e. The first kappa shape index (κ1) is 13.7. The molecule has 0 aliphatic heterocycles. The van der Waals surface area contributed by atoms with E-state index in [9.17, 15) is 9.18 Å². The highest BCUT2D eigenvalue weighted by atomic mass is 35.5. The Hall–Kier alpha value is -1.68. The third kappa shape index (κ3) is 2.68. The number of benzene rings is 1. The van der Waals surface area contributed by atoms with Crippen LogP contribution in [0.2, 0.25) is 5.02 Å². The lowest BCUT2D eigenvalue weighted by molar-refractivity contribution is 0.0991. The van der Waals surface area contributed by atoms with Crippen molar-refractivity contribution in [3.8, 4) is 0 Å². The van der Waals surface area contributed by atoms with E-state index in [2.05, 4.69) is 5.10 Å². The van der Waals surface area contributed by atoms with Crippen molar-refractivity contribution in [3.63, 3.8) is 0 Å². The van der Waals surface area contributed by atoms with Crippen LogP contribution in [0.5, 0.6) is 0 Å². The van der Waals surface area contributed by atoms with Gasteiger partial charge in [-0.1, -0.05) is 17.7 Å². The molecule has 19 heavy (non-hydrogen) atoms. The summed E-state index contributed by atoms with van der Waals surface area (Å²) in [5.41, 5.74) is 2.75. The first-order valence-corrected chi connectivity index (χ1v) is 6.25. The summed E-state index contributed by atoms with van der Waals surface area (Å²) in [6.07, 6.45) is 0.145. The molecular weight excluding hydrogens is 267 g/mol. The van der Waals surface area contributed by atoms with E-state index in [1.807, 2.05) is 6.92 Å². The maximum atomic E-state index is 13.0. The number of aryl methyl sites for hydroxylation is 2. The van der Waals surface area contributed by atoms with E-state index >= 15 is 0 Å². The van der Waals surface area contributed by atoms with Crippen molar-refractivity contribution < 1.29 is 9.18 Å². The molecule has 1 aromatic carbocycles. The van der Waals surface area contributed by atoms with Gasteiger partial charge in [0.25, 0.3) is 0 Å². The van der Waals surface area contributed by atoms with Gasteiger partial charge >= 0.3 is 0 Å². The Morgan fingerprint density at radius 3 is 2.63 bits per heavy atom. The molecule has 0 atom stereocenters. The van der Waals surface area contributed by atoms with Crippen LogP contribution in [-0.2, 0) is 13.5 Å². The Morgan fingerprint density at radius 1 is 1.42 bits per heavy atom. The summed E-state index contributed by atoms with van der Waals surface area (Å²) in [7, 11) is 1.80. The molecule has 3 nitrogen and oxygen atoms in total. The van der Waals surface area contributed by atoms with Crippen LogP contribution in [0, 0.1) is 19.7 Å². The second-order valence-corrected chi connectivity index (χ2v) is 4.91. The molecule has 0 aliphatic rings. The molecule has 1 aromatic heterocycles. The number of nitrogens with zero attached hydrogens (tertiary/aromatic N) is 2. The summed E-state index contributed by atoms with van der Waals surface area (Å²) < 4.78 is 14.6. The highest BCUT2D eigenvalue weighted by Crippen LogP contribution is 2.21. The van der Waals surface area contributed by atoms with Crippen LogP contribution < -0.4 is 0 Å². The van der Waals surface area contributed by atoms with Crippen molar-refractivity contribution in [1.29, 1.82) is 0 Å². The molecule has 0 radical (unpaired) electrons. The topological polar surface area (TPSA) is 34.9 Å². The number of carbonyl (C=O) groups is 1. The third-order valence-electron chi connectivity index (χ3n) is 3.15. The number of Topliss-reactive ketones (excluding diaryl/α,β-unsaturated/α-hetero) is 1.